The third-order valence-corrected chi connectivity index (χ3v) is 5.32. The van der Waals surface area contributed by atoms with E-state index in [9.17, 15) is 0 Å². The number of benzene rings is 3. The molecule has 0 fully saturated rings. The van der Waals surface area contributed by atoms with Gasteiger partial charge in [0.2, 0.25) is 0 Å². The molecule has 1 unspecified atom stereocenters. The second kappa shape index (κ2) is 10.5. The first-order chi connectivity index (χ1) is 13.6. The van der Waals surface area contributed by atoms with Gasteiger partial charge in [-0.3, -0.25) is 0 Å². The fraction of sp³-hybridized carbons (Fsp3) is 0.250. The Labute approximate surface area is 177 Å². The van der Waals surface area contributed by atoms with Crippen molar-refractivity contribution in [3.8, 4) is 5.75 Å². The third kappa shape index (κ3) is 6.27. The van der Waals surface area contributed by atoms with Gasteiger partial charge in [-0.2, -0.15) is 0 Å². The summed E-state index contributed by atoms with van der Waals surface area (Å²) < 4.78 is 6.04. The molecule has 146 valence electrons. The summed E-state index contributed by atoms with van der Waals surface area (Å²) >= 11 is 12.4. The highest BCUT2D eigenvalue weighted by Gasteiger charge is 2.09. The molecule has 1 N–H and O–H groups in total. The molecule has 0 bridgehead atoms. The van der Waals surface area contributed by atoms with Crippen LogP contribution < -0.4 is 10.1 Å². The molecular weight excluding hydrogens is 389 g/mol. The van der Waals surface area contributed by atoms with Crippen molar-refractivity contribution in [2.75, 3.05) is 0 Å². The quantitative estimate of drug-likeness (QED) is 0.422. The Bertz CT molecular complexity index is 883. The number of ether oxygens (including phenoxy) is 1. The van der Waals surface area contributed by atoms with Crippen LogP contribution >= 0.6 is 23.2 Å². The maximum Gasteiger partial charge on any atom is 0.124 e. The van der Waals surface area contributed by atoms with Crippen molar-refractivity contribution in [2.24, 2.45) is 0 Å². The molecule has 0 aliphatic carbocycles. The van der Waals surface area contributed by atoms with Gasteiger partial charge in [0.15, 0.2) is 0 Å². The summed E-state index contributed by atoms with van der Waals surface area (Å²) in [6.45, 7) is 3.34. The summed E-state index contributed by atoms with van der Waals surface area (Å²) in [6.07, 6.45) is 2.13. The fourth-order valence-electron chi connectivity index (χ4n) is 3.01. The Morgan fingerprint density at radius 2 is 1.64 bits per heavy atom. The Hall–Kier alpha value is -2.00. The van der Waals surface area contributed by atoms with Crippen molar-refractivity contribution in [2.45, 2.75) is 39.0 Å². The first kappa shape index (κ1) is 20.7. The minimum Gasteiger partial charge on any atom is -0.489 e. The van der Waals surface area contributed by atoms with Crippen molar-refractivity contribution in [1.29, 1.82) is 0 Å². The standard InChI is InChI=1S/C24H25Cl2NO/c1-18(11-12-19-7-3-2-4-8-19)27-16-21-15-22(25)13-14-24(21)28-17-20-9-5-6-10-23(20)26/h2-10,13-15,18,27H,11-12,16-17H2,1H3. The van der Waals surface area contributed by atoms with E-state index in [1.807, 2.05) is 42.5 Å². The van der Waals surface area contributed by atoms with E-state index in [1.165, 1.54) is 5.56 Å². The highest BCUT2D eigenvalue weighted by molar-refractivity contribution is 6.31. The third-order valence-electron chi connectivity index (χ3n) is 4.71. The second-order valence-corrected chi connectivity index (χ2v) is 7.78. The molecule has 3 aromatic carbocycles. The molecule has 1 atom stereocenters. The fourth-order valence-corrected chi connectivity index (χ4v) is 3.40. The van der Waals surface area contributed by atoms with Crippen LogP contribution in [0.15, 0.2) is 72.8 Å². The van der Waals surface area contributed by atoms with Crippen LogP contribution in [0.3, 0.4) is 0 Å². The number of hydrogen-bond donors (Lipinski definition) is 1. The van der Waals surface area contributed by atoms with E-state index in [0.29, 0.717) is 29.2 Å². The molecule has 4 heteroatoms. The molecule has 0 saturated carbocycles. The van der Waals surface area contributed by atoms with Gasteiger partial charge in [-0.25, -0.2) is 0 Å². The van der Waals surface area contributed by atoms with Crippen LogP contribution in [0.1, 0.15) is 30.0 Å². The van der Waals surface area contributed by atoms with Gasteiger partial charge >= 0.3 is 0 Å². The number of aryl methyl sites for hydroxylation is 1. The lowest BCUT2D eigenvalue weighted by Gasteiger charge is -2.17. The first-order valence-electron chi connectivity index (χ1n) is 9.54. The van der Waals surface area contributed by atoms with Gasteiger partial charge in [-0.1, -0.05) is 71.7 Å². The zero-order valence-corrected chi connectivity index (χ0v) is 17.5. The largest absolute Gasteiger partial charge is 0.489 e. The smallest absolute Gasteiger partial charge is 0.124 e. The van der Waals surface area contributed by atoms with Crippen molar-refractivity contribution in [3.05, 3.63) is 99.5 Å². The van der Waals surface area contributed by atoms with E-state index in [1.54, 1.807) is 0 Å². The normalized spacial score (nSPS) is 12.0. The molecule has 3 rings (SSSR count). The van der Waals surface area contributed by atoms with Crippen LogP contribution in [0.2, 0.25) is 10.0 Å². The Morgan fingerprint density at radius 3 is 2.43 bits per heavy atom. The molecule has 0 saturated heterocycles. The number of rotatable bonds is 9. The van der Waals surface area contributed by atoms with Crippen molar-refractivity contribution >= 4 is 23.2 Å². The summed E-state index contributed by atoms with van der Waals surface area (Å²) in [4.78, 5) is 0. The van der Waals surface area contributed by atoms with Gasteiger partial charge in [0.1, 0.15) is 12.4 Å². The van der Waals surface area contributed by atoms with Crippen LogP contribution in [0.4, 0.5) is 0 Å². The Kier molecular flexibility index (Phi) is 7.79. The maximum atomic E-state index is 6.23. The summed E-state index contributed by atoms with van der Waals surface area (Å²) in [6, 6.07) is 24.4. The van der Waals surface area contributed by atoms with E-state index < -0.39 is 0 Å². The van der Waals surface area contributed by atoms with E-state index in [4.69, 9.17) is 27.9 Å². The van der Waals surface area contributed by atoms with E-state index in [0.717, 1.165) is 29.7 Å². The first-order valence-corrected chi connectivity index (χ1v) is 10.3. The summed E-state index contributed by atoms with van der Waals surface area (Å²) in [5.41, 5.74) is 3.38. The SMILES string of the molecule is CC(CCc1ccccc1)NCc1cc(Cl)ccc1OCc1ccccc1Cl. The van der Waals surface area contributed by atoms with Crippen molar-refractivity contribution < 1.29 is 4.74 Å². The van der Waals surface area contributed by atoms with Crippen LogP contribution in [0, 0.1) is 0 Å². The molecule has 28 heavy (non-hydrogen) atoms. The minimum atomic E-state index is 0.385. The lowest BCUT2D eigenvalue weighted by atomic mass is 10.1. The molecule has 0 aromatic heterocycles. The highest BCUT2D eigenvalue weighted by Crippen LogP contribution is 2.25. The summed E-state index contributed by atoms with van der Waals surface area (Å²) in [7, 11) is 0. The van der Waals surface area contributed by atoms with Gasteiger partial charge in [0, 0.05) is 33.8 Å². The highest BCUT2D eigenvalue weighted by atomic mass is 35.5. The van der Waals surface area contributed by atoms with Crippen LogP contribution in [-0.2, 0) is 19.6 Å². The second-order valence-electron chi connectivity index (χ2n) is 6.94. The summed E-state index contributed by atoms with van der Waals surface area (Å²) in [5, 5.41) is 5.00. The average molecular weight is 414 g/mol. The van der Waals surface area contributed by atoms with Crippen LogP contribution in [0.5, 0.6) is 5.75 Å². The van der Waals surface area contributed by atoms with Crippen LogP contribution in [0.25, 0.3) is 0 Å². The molecule has 2 nitrogen and oxygen atoms in total. The minimum absolute atomic E-state index is 0.385. The zero-order valence-electron chi connectivity index (χ0n) is 16.0. The predicted molar refractivity (Wildman–Crippen MR) is 118 cm³/mol. The maximum absolute atomic E-state index is 6.23. The zero-order chi connectivity index (χ0) is 19.8. The van der Waals surface area contributed by atoms with Gasteiger partial charge in [0.25, 0.3) is 0 Å². The van der Waals surface area contributed by atoms with E-state index >= 15 is 0 Å². The summed E-state index contributed by atoms with van der Waals surface area (Å²) in [5.74, 6) is 0.826. The predicted octanol–water partition coefficient (Wildman–Crippen LogP) is 6.68. The number of hydrogen-bond acceptors (Lipinski definition) is 2. The topological polar surface area (TPSA) is 21.3 Å². The molecular formula is C24H25Cl2NO. The van der Waals surface area contributed by atoms with Gasteiger partial charge in [-0.05, 0) is 49.6 Å². The molecule has 3 aromatic rings. The molecule has 0 aliphatic heterocycles. The van der Waals surface area contributed by atoms with E-state index in [2.05, 4.69) is 42.6 Å². The van der Waals surface area contributed by atoms with Gasteiger partial charge < -0.3 is 10.1 Å². The Morgan fingerprint density at radius 1 is 0.893 bits per heavy atom. The average Bonchev–Trinajstić information content (AvgIpc) is 2.72. The molecule has 0 spiro atoms. The van der Waals surface area contributed by atoms with Crippen molar-refractivity contribution in [1.82, 2.24) is 5.32 Å². The molecule has 0 radical (unpaired) electrons. The van der Waals surface area contributed by atoms with Gasteiger partial charge in [0.05, 0.1) is 0 Å². The monoisotopic (exact) mass is 413 g/mol. The molecule has 0 heterocycles. The lowest BCUT2D eigenvalue weighted by molar-refractivity contribution is 0.301. The Balaban J connectivity index is 1.57. The van der Waals surface area contributed by atoms with Crippen LogP contribution in [-0.4, -0.2) is 6.04 Å². The van der Waals surface area contributed by atoms with E-state index in [-0.39, 0.29) is 0 Å². The molecule has 0 amide bonds. The lowest BCUT2D eigenvalue weighted by Crippen LogP contribution is -2.26. The number of halogens is 2. The molecule has 0 aliphatic rings. The van der Waals surface area contributed by atoms with Gasteiger partial charge in [-0.15, -0.1) is 0 Å². The number of nitrogens with one attached hydrogen (secondary N) is 1. The van der Waals surface area contributed by atoms with Crippen molar-refractivity contribution in [3.63, 3.8) is 0 Å².